The van der Waals surface area contributed by atoms with Crippen molar-refractivity contribution in [1.29, 1.82) is 0 Å². The molecule has 6 heteroatoms. The van der Waals surface area contributed by atoms with E-state index >= 15 is 0 Å². The number of aromatic nitrogens is 1. The van der Waals surface area contributed by atoms with Crippen LogP contribution < -0.4 is 15.5 Å². The first-order chi connectivity index (χ1) is 11.3. The molecule has 0 unspecified atom stereocenters. The molecule has 2 aromatic heterocycles. The van der Waals surface area contributed by atoms with E-state index in [1.165, 1.54) is 5.69 Å². The number of hydrogen-bond acceptors (Lipinski definition) is 6. The third kappa shape index (κ3) is 2.66. The van der Waals surface area contributed by atoms with Gasteiger partial charge in [-0.25, -0.2) is 4.98 Å². The predicted molar refractivity (Wildman–Crippen MR) is 93.1 cm³/mol. The van der Waals surface area contributed by atoms with Crippen LogP contribution in [0.5, 0.6) is 0 Å². The summed E-state index contributed by atoms with van der Waals surface area (Å²) in [6.45, 7) is 10.4. The summed E-state index contributed by atoms with van der Waals surface area (Å²) in [5, 5.41) is 0. The van der Waals surface area contributed by atoms with Crippen LogP contribution in [0.3, 0.4) is 0 Å². The first kappa shape index (κ1) is 14.8. The Labute approximate surface area is 136 Å². The average molecular weight is 315 g/mol. The average Bonchev–Trinajstić information content (AvgIpc) is 3.02. The van der Waals surface area contributed by atoms with E-state index in [1.54, 1.807) is 6.26 Å². The van der Waals surface area contributed by atoms with Gasteiger partial charge in [-0.3, -0.25) is 0 Å². The third-order valence-corrected chi connectivity index (χ3v) is 5.15. The number of rotatable bonds is 4. The van der Waals surface area contributed by atoms with Gasteiger partial charge < -0.3 is 24.9 Å². The molecule has 0 bridgehead atoms. The van der Waals surface area contributed by atoms with Gasteiger partial charge in [-0.2, -0.15) is 0 Å². The van der Waals surface area contributed by atoms with Crippen molar-refractivity contribution in [2.75, 3.05) is 62.2 Å². The van der Waals surface area contributed by atoms with Crippen LogP contribution in [0.2, 0.25) is 0 Å². The van der Waals surface area contributed by atoms with Crippen LogP contribution >= 0.6 is 0 Å². The molecule has 2 saturated heterocycles. The summed E-state index contributed by atoms with van der Waals surface area (Å²) in [5.41, 5.74) is 8.79. The van der Waals surface area contributed by atoms with Gasteiger partial charge in [-0.05, 0) is 13.1 Å². The van der Waals surface area contributed by atoms with Crippen molar-refractivity contribution in [3.63, 3.8) is 0 Å². The van der Waals surface area contributed by atoms with Gasteiger partial charge in [0.2, 0.25) is 0 Å². The number of anilines is 2. The zero-order chi connectivity index (χ0) is 15.8. The van der Waals surface area contributed by atoms with E-state index < -0.39 is 0 Å². The summed E-state index contributed by atoms with van der Waals surface area (Å²) in [5.74, 6) is 1.66. The van der Waals surface area contributed by atoms with E-state index in [4.69, 9.17) is 15.1 Å². The molecule has 2 N–H and O–H groups in total. The van der Waals surface area contributed by atoms with Crippen LogP contribution in [-0.4, -0.2) is 62.2 Å². The first-order valence-electron chi connectivity index (χ1n) is 8.59. The summed E-state index contributed by atoms with van der Waals surface area (Å²) in [4.78, 5) is 12.0. The van der Waals surface area contributed by atoms with Crippen molar-refractivity contribution in [3.05, 3.63) is 18.4 Å². The summed E-state index contributed by atoms with van der Waals surface area (Å²) in [6, 6.07) is 4.16. The van der Waals surface area contributed by atoms with Crippen molar-refractivity contribution in [3.8, 4) is 0 Å². The highest BCUT2D eigenvalue weighted by molar-refractivity contribution is 5.89. The van der Waals surface area contributed by atoms with Crippen LogP contribution in [0.1, 0.15) is 6.92 Å². The summed E-state index contributed by atoms with van der Waals surface area (Å²) >= 11 is 0. The number of pyridine rings is 1. The number of hydrogen-bond donors (Lipinski definition) is 1. The quantitative estimate of drug-likeness (QED) is 0.919. The fraction of sp³-hybridized carbons (Fsp3) is 0.588. The Morgan fingerprint density at radius 2 is 2.00 bits per heavy atom. The molecule has 0 aromatic carbocycles. The number of nitrogens with two attached hydrogens (primary N) is 1. The minimum Gasteiger partial charge on any atom is -0.460 e. The fourth-order valence-electron chi connectivity index (χ4n) is 3.53. The van der Waals surface area contributed by atoms with Gasteiger partial charge >= 0.3 is 0 Å². The summed E-state index contributed by atoms with van der Waals surface area (Å²) < 4.78 is 5.73. The second kappa shape index (κ2) is 6.02. The largest absolute Gasteiger partial charge is 0.460 e. The minimum absolute atomic E-state index is 0.605. The summed E-state index contributed by atoms with van der Waals surface area (Å²) in [7, 11) is 0. The third-order valence-electron chi connectivity index (χ3n) is 5.15. The van der Waals surface area contributed by atoms with E-state index in [0.29, 0.717) is 5.92 Å². The fourth-order valence-corrected chi connectivity index (χ4v) is 3.53. The molecule has 23 heavy (non-hydrogen) atoms. The van der Waals surface area contributed by atoms with Crippen molar-refractivity contribution in [2.45, 2.75) is 6.92 Å². The molecule has 2 fully saturated rings. The lowest BCUT2D eigenvalue weighted by atomic mass is 10.0. The SMILES string of the molecule is CCN1CCN(c2cc(N3CC(CN)C3)nc3ccoc23)CC1. The molecule has 0 saturated carbocycles. The highest BCUT2D eigenvalue weighted by Gasteiger charge is 2.28. The van der Waals surface area contributed by atoms with Crippen LogP contribution in [-0.2, 0) is 0 Å². The van der Waals surface area contributed by atoms with Crippen LogP contribution in [0.25, 0.3) is 11.1 Å². The lowest BCUT2D eigenvalue weighted by molar-refractivity contribution is 0.271. The molecule has 2 aliphatic heterocycles. The lowest BCUT2D eigenvalue weighted by Gasteiger charge is -2.40. The minimum atomic E-state index is 0.605. The van der Waals surface area contributed by atoms with Crippen LogP contribution in [0.4, 0.5) is 11.5 Å². The van der Waals surface area contributed by atoms with Gasteiger partial charge in [-0.1, -0.05) is 6.92 Å². The van der Waals surface area contributed by atoms with Crippen molar-refractivity contribution < 1.29 is 4.42 Å². The van der Waals surface area contributed by atoms with Gasteiger partial charge in [0.15, 0.2) is 5.58 Å². The zero-order valence-electron chi connectivity index (χ0n) is 13.7. The second-order valence-corrected chi connectivity index (χ2v) is 6.56. The van der Waals surface area contributed by atoms with Gasteiger partial charge in [-0.15, -0.1) is 0 Å². The summed E-state index contributed by atoms with van der Waals surface area (Å²) in [6.07, 6.45) is 1.74. The van der Waals surface area contributed by atoms with E-state index in [-0.39, 0.29) is 0 Å². The van der Waals surface area contributed by atoms with Gasteiger partial charge in [0, 0.05) is 57.3 Å². The molecule has 4 rings (SSSR count). The number of likely N-dealkylation sites (N-methyl/N-ethyl adjacent to an activating group) is 1. The van der Waals surface area contributed by atoms with E-state index in [2.05, 4.69) is 27.7 Å². The molecule has 0 atom stereocenters. The molecular weight excluding hydrogens is 290 g/mol. The molecule has 2 aliphatic rings. The lowest BCUT2D eigenvalue weighted by Crippen LogP contribution is -2.50. The molecule has 4 heterocycles. The van der Waals surface area contributed by atoms with Crippen molar-refractivity contribution >= 4 is 22.6 Å². The van der Waals surface area contributed by atoms with Gasteiger partial charge in [0.25, 0.3) is 0 Å². The maximum atomic E-state index is 5.75. The van der Waals surface area contributed by atoms with E-state index in [0.717, 1.165) is 69.3 Å². The Kier molecular flexibility index (Phi) is 3.87. The Balaban J connectivity index is 1.62. The monoisotopic (exact) mass is 315 g/mol. The zero-order valence-corrected chi connectivity index (χ0v) is 13.7. The number of nitrogens with zero attached hydrogens (tertiary/aromatic N) is 4. The van der Waals surface area contributed by atoms with Crippen LogP contribution in [0, 0.1) is 5.92 Å². The molecular formula is C17H25N5O. The highest BCUT2D eigenvalue weighted by Crippen LogP contribution is 2.33. The molecule has 0 amide bonds. The number of furan rings is 1. The molecule has 6 nitrogen and oxygen atoms in total. The van der Waals surface area contributed by atoms with Crippen molar-refractivity contribution in [1.82, 2.24) is 9.88 Å². The van der Waals surface area contributed by atoms with Crippen molar-refractivity contribution in [2.24, 2.45) is 11.7 Å². The second-order valence-electron chi connectivity index (χ2n) is 6.56. The Morgan fingerprint density at radius 3 is 2.70 bits per heavy atom. The van der Waals surface area contributed by atoms with Crippen LogP contribution in [0.15, 0.2) is 22.8 Å². The molecule has 0 spiro atoms. The molecule has 0 aliphatic carbocycles. The Bertz CT molecular complexity index is 671. The van der Waals surface area contributed by atoms with E-state index in [1.807, 2.05) is 6.07 Å². The topological polar surface area (TPSA) is 61.8 Å². The maximum absolute atomic E-state index is 5.75. The first-order valence-corrected chi connectivity index (χ1v) is 8.59. The number of fused-ring (bicyclic) bond motifs is 1. The number of piperazine rings is 1. The Hall–Kier alpha value is -1.79. The molecule has 124 valence electrons. The molecule has 2 aromatic rings. The van der Waals surface area contributed by atoms with E-state index in [9.17, 15) is 0 Å². The highest BCUT2D eigenvalue weighted by atomic mass is 16.3. The normalized spacial score (nSPS) is 20.3. The smallest absolute Gasteiger partial charge is 0.175 e. The maximum Gasteiger partial charge on any atom is 0.175 e. The predicted octanol–water partition coefficient (Wildman–Crippen LogP) is 1.36. The Morgan fingerprint density at radius 1 is 1.22 bits per heavy atom. The van der Waals surface area contributed by atoms with Gasteiger partial charge in [0.1, 0.15) is 11.3 Å². The molecule has 0 radical (unpaired) electrons. The van der Waals surface area contributed by atoms with Gasteiger partial charge in [0.05, 0.1) is 12.0 Å². The standard InChI is InChI=1S/C17H25N5O/c1-2-20-4-6-21(7-5-20)15-9-16(22-11-13(10-18)12-22)19-14-3-8-23-17(14)15/h3,8-9,13H,2,4-7,10-12,18H2,1H3.